The summed E-state index contributed by atoms with van der Waals surface area (Å²) in [6.45, 7) is 6.25. The van der Waals surface area contributed by atoms with Gasteiger partial charge in [-0.3, -0.25) is 4.79 Å². The molecule has 2 N–H and O–H groups in total. The minimum absolute atomic E-state index is 0.108. The summed E-state index contributed by atoms with van der Waals surface area (Å²) >= 11 is 0. The molecular formula is C31H31N9O3. The molecule has 6 aromatic rings. The Bertz CT molecular complexity index is 2020. The number of rotatable bonds is 7. The fraction of sp³-hybridized carbons (Fsp3) is 0.258. The van der Waals surface area contributed by atoms with Crippen LogP contribution in [0.4, 0.5) is 17.3 Å². The number of piperazine rings is 1. The summed E-state index contributed by atoms with van der Waals surface area (Å²) < 4.78 is 8.86. The molecule has 0 amide bonds. The number of likely N-dealkylation sites (N-methyl/N-ethyl adjacent to an activating group) is 1. The zero-order valence-electron chi connectivity index (χ0n) is 23.9. The minimum atomic E-state index is -0.321. The summed E-state index contributed by atoms with van der Waals surface area (Å²) in [6, 6.07) is 17.2. The van der Waals surface area contributed by atoms with Gasteiger partial charge in [-0.2, -0.15) is 9.50 Å². The molecule has 43 heavy (non-hydrogen) atoms. The molecule has 5 heterocycles. The van der Waals surface area contributed by atoms with E-state index in [4.69, 9.17) is 9.72 Å². The van der Waals surface area contributed by atoms with Gasteiger partial charge < -0.3 is 25.0 Å². The van der Waals surface area contributed by atoms with E-state index in [-0.39, 0.29) is 29.8 Å². The fourth-order valence-corrected chi connectivity index (χ4v) is 5.59. The average Bonchev–Trinajstić information content (AvgIpc) is 3.35. The zero-order valence-corrected chi connectivity index (χ0v) is 23.9. The Labute approximate surface area is 246 Å². The van der Waals surface area contributed by atoms with Gasteiger partial charge in [0.25, 0.3) is 5.56 Å². The Kier molecular flexibility index (Phi) is 6.84. The zero-order chi connectivity index (χ0) is 29.5. The maximum atomic E-state index is 13.9. The standard InChI is InChI=1S/C31H31N9O3/c1-20-17-21(6-9-25(20)38-13-11-37(2)12-14-38)34-31-33-19-24-28(36-31)35-29-23-8-7-22(43-16-15-41)18-26(23)39(40(29)30(24)42)27-5-3-4-10-32-27/h3-10,17-19,41H,11-16H2,1-2H3,(H,33,34,36). The van der Waals surface area contributed by atoms with E-state index < -0.39 is 0 Å². The van der Waals surface area contributed by atoms with Crippen LogP contribution in [0, 0.1) is 6.92 Å². The molecule has 4 aromatic heterocycles. The second-order valence-corrected chi connectivity index (χ2v) is 10.7. The lowest BCUT2D eigenvalue weighted by Crippen LogP contribution is -2.44. The third-order valence-corrected chi connectivity index (χ3v) is 7.77. The van der Waals surface area contributed by atoms with Crippen LogP contribution in [0.15, 0.2) is 71.8 Å². The van der Waals surface area contributed by atoms with Crippen molar-refractivity contribution in [3.05, 3.63) is 82.9 Å². The lowest BCUT2D eigenvalue weighted by molar-refractivity contribution is 0.201. The van der Waals surface area contributed by atoms with E-state index in [0.717, 1.165) is 42.8 Å². The van der Waals surface area contributed by atoms with E-state index in [1.165, 1.54) is 16.4 Å². The van der Waals surface area contributed by atoms with Crippen LogP contribution in [0.5, 0.6) is 5.75 Å². The highest BCUT2D eigenvalue weighted by Gasteiger charge is 2.20. The van der Waals surface area contributed by atoms with Crippen molar-refractivity contribution < 1.29 is 9.84 Å². The SMILES string of the molecule is Cc1cc(Nc2ncc3c(=O)n4c(nc3n2)c2ccc(OCCO)cc2n4-c2ccccn2)ccc1N1CCN(C)CC1. The van der Waals surface area contributed by atoms with Crippen molar-refractivity contribution in [2.24, 2.45) is 0 Å². The number of ether oxygens (including phenoxy) is 1. The molecule has 0 atom stereocenters. The van der Waals surface area contributed by atoms with E-state index >= 15 is 0 Å². The highest BCUT2D eigenvalue weighted by atomic mass is 16.5. The number of hydrogen-bond acceptors (Lipinski definition) is 10. The molecule has 0 unspecified atom stereocenters. The molecule has 218 valence electrons. The van der Waals surface area contributed by atoms with Gasteiger partial charge in [0, 0.05) is 61.4 Å². The predicted octanol–water partition coefficient (Wildman–Crippen LogP) is 3.15. The third-order valence-electron chi connectivity index (χ3n) is 7.77. The molecule has 0 radical (unpaired) electrons. The molecule has 0 saturated carbocycles. The van der Waals surface area contributed by atoms with E-state index in [1.807, 2.05) is 36.4 Å². The third kappa shape index (κ3) is 4.90. The van der Waals surface area contributed by atoms with Gasteiger partial charge in [0.15, 0.2) is 17.1 Å². The number of nitrogens with zero attached hydrogens (tertiary/aromatic N) is 8. The van der Waals surface area contributed by atoms with Crippen molar-refractivity contribution >= 4 is 44.9 Å². The molecular weight excluding hydrogens is 546 g/mol. The first kappa shape index (κ1) is 26.8. The van der Waals surface area contributed by atoms with Crippen LogP contribution < -0.4 is 20.5 Å². The lowest BCUT2D eigenvalue weighted by atomic mass is 10.1. The Morgan fingerprint density at radius 3 is 2.60 bits per heavy atom. The molecule has 7 rings (SSSR count). The summed E-state index contributed by atoms with van der Waals surface area (Å²) in [4.78, 5) is 37.1. The van der Waals surface area contributed by atoms with Crippen LogP contribution in [0.3, 0.4) is 0 Å². The quantitative estimate of drug-likeness (QED) is 0.292. The largest absolute Gasteiger partial charge is 0.491 e. The van der Waals surface area contributed by atoms with Crippen molar-refractivity contribution in [3.63, 3.8) is 0 Å². The van der Waals surface area contributed by atoms with Crippen molar-refractivity contribution in [1.82, 2.24) is 34.0 Å². The Morgan fingerprint density at radius 2 is 1.84 bits per heavy atom. The van der Waals surface area contributed by atoms with Gasteiger partial charge in [0.05, 0.1) is 12.1 Å². The molecule has 1 fully saturated rings. The van der Waals surface area contributed by atoms with Crippen LogP contribution in [-0.4, -0.2) is 85.6 Å². The van der Waals surface area contributed by atoms with Gasteiger partial charge in [-0.25, -0.2) is 19.6 Å². The van der Waals surface area contributed by atoms with E-state index in [2.05, 4.69) is 56.2 Å². The van der Waals surface area contributed by atoms with Crippen LogP contribution in [0.1, 0.15) is 5.56 Å². The van der Waals surface area contributed by atoms with Crippen LogP contribution in [-0.2, 0) is 0 Å². The molecule has 1 saturated heterocycles. The van der Waals surface area contributed by atoms with Gasteiger partial charge in [0.1, 0.15) is 17.7 Å². The van der Waals surface area contributed by atoms with Gasteiger partial charge >= 0.3 is 0 Å². The molecule has 0 aliphatic carbocycles. The molecule has 12 nitrogen and oxygen atoms in total. The smallest absolute Gasteiger partial charge is 0.284 e. The Hall–Kier alpha value is -5.07. The maximum Gasteiger partial charge on any atom is 0.284 e. The second-order valence-electron chi connectivity index (χ2n) is 10.7. The van der Waals surface area contributed by atoms with Gasteiger partial charge in [-0.05, 0) is 62.0 Å². The topological polar surface area (TPSA) is 126 Å². The fourth-order valence-electron chi connectivity index (χ4n) is 5.59. The maximum absolute atomic E-state index is 13.9. The second kappa shape index (κ2) is 11.0. The molecule has 12 heteroatoms. The first-order chi connectivity index (χ1) is 21.0. The van der Waals surface area contributed by atoms with Crippen molar-refractivity contribution in [2.45, 2.75) is 6.92 Å². The number of benzene rings is 2. The van der Waals surface area contributed by atoms with Crippen LogP contribution in [0.25, 0.3) is 33.4 Å². The number of nitrogens with one attached hydrogen (secondary N) is 1. The van der Waals surface area contributed by atoms with E-state index in [1.54, 1.807) is 16.9 Å². The summed E-state index contributed by atoms with van der Waals surface area (Å²) in [5, 5.41) is 13.5. The number of aliphatic hydroxyl groups is 1. The number of aromatic nitrogens is 6. The highest BCUT2D eigenvalue weighted by molar-refractivity contribution is 5.96. The molecule has 1 aliphatic rings. The van der Waals surface area contributed by atoms with Gasteiger partial charge in [-0.15, -0.1) is 0 Å². The van der Waals surface area contributed by atoms with Crippen molar-refractivity contribution in [2.75, 3.05) is 56.7 Å². The average molecular weight is 578 g/mol. The summed E-state index contributed by atoms with van der Waals surface area (Å²) in [6.07, 6.45) is 3.17. The summed E-state index contributed by atoms with van der Waals surface area (Å²) in [5.74, 6) is 1.45. The number of anilines is 3. The van der Waals surface area contributed by atoms with Crippen LogP contribution in [0.2, 0.25) is 0 Å². The number of aryl methyl sites for hydroxylation is 1. The van der Waals surface area contributed by atoms with Crippen molar-refractivity contribution in [1.29, 1.82) is 0 Å². The summed E-state index contributed by atoms with van der Waals surface area (Å²) in [7, 11) is 2.15. The number of aliphatic hydroxyl groups excluding tert-OH is 1. The highest BCUT2D eigenvalue weighted by Crippen LogP contribution is 2.29. The first-order valence-corrected chi connectivity index (χ1v) is 14.2. The molecule has 2 aromatic carbocycles. The Balaban J connectivity index is 1.30. The normalized spacial score (nSPS) is 14.2. The summed E-state index contributed by atoms with van der Waals surface area (Å²) in [5.41, 5.74) is 4.32. The number of pyridine rings is 1. The predicted molar refractivity (Wildman–Crippen MR) is 166 cm³/mol. The van der Waals surface area contributed by atoms with Gasteiger partial charge in [-0.1, -0.05) is 6.07 Å². The van der Waals surface area contributed by atoms with E-state index in [0.29, 0.717) is 28.7 Å². The van der Waals surface area contributed by atoms with Gasteiger partial charge in [0.2, 0.25) is 5.95 Å². The lowest BCUT2D eigenvalue weighted by Gasteiger charge is -2.35. The minimum Gasteiger partial charge on any atom is -0.491 e. The number of hydrogen-bond donors (Lipinski definition) is 2. The van der Waals surface area contributed by atoms with Crippen LogP contribution >= 0.6 is 0 Å². The molecule has 1 aliphatic heterocycles. The monoisotopic (exact) mass is 577 g/mol. The van der Waals surface area contributed by atoms with E-state index in [9.17, 15) is 9.90 Å². The number of fused-ring (bicyclic) bond motifs is 4. The molecule has 0 spiro atoms. The van der Waals surface area contributed by atoms with Crippen molar-refractivity contribution in [3.8, 4) is 11.6 Å². The first-order valence-electron chi connectivity index (χ1n) is 14.2. The molecule has 0 bridgehead atoms. The Morgan fingerprint density at radius 1 is 0.977 bits per heavy atom.